The highest BCUT2D eigenvalue weighted by Crippen LogP contribution is 2.27. The van der Waals surface area contributed by atoms with Crippen LogP contribution in [0.4, 0.5) is 0 Å². The van der Waals surface area contributed by atoms with Crippen molar-refractivity contribution in [3.8, 4) is 0 Å². The number of nitrogens with one attached hydrogen (secondary N) is 1. The molecule has 2 atom stereocenters. The molecule has 9 nitrogen and oxygen atoms in total. The molecule has 1 N–H and O–H groups in total. The Morgan fingerprint density at radius 3 is 2.17 bits per heavy atom. The summed E-state index contributed by atoms with van der Waals surface area (Å²) < 4.78 is 28.0. The molecule has 0 saturated carbocycles. The summed E-state index contributed by atoms with van der Waals surface area (Å²) in [6.45, 7) is 8.33. The third-order valence-corrected chi connectivity index (χ3v) is 9.63. The summed E-state index contributed by atoms with van der Waals surface area (Å²) in [5.41, 5.74) is 0.442. The van der Waals surface area contributed by atoms with E-state index in [2.05, 4.69) is 11.9 Å². The van der Waals surface area contributed by atoms with Crippen molar-refractivity contribution in [1.29, 1.82) is 0 Å². The fraction of sp³-hybridized carbons (Fsp3) is 0.577. The zero-order valence-electron chi connectivity index (χ0n) is 20.9. The maximum atomic E-state index is 13.3. The van der Waals surface area contributed by atoms with Crippen LogP contribution in [0.2, 0.25) is 0 Å². The maximum Gasteiger partial charge on any atom is 0.253 e. The molecule has 0 bridgehead atoms. The first kappa shape index (κ1) is 26.3. The van der Waals surface area contributed by atoms with Gasteiger partial charge in [-0.2, -0.15) is 4.31 Å². The smallest absolute Gasteiger partial charge is 0.253 e. The summed E-state index contributed by atoms with van der Waals surface area (Å²) in [7, 11) is -3.73. The van der Waals surface area contributed by atoms with Gasteiger partial charge in [-0.05, 0) is 75.8 Å². The third-order valence-electron chi connectivity index (χ3n) is 7.60. The number of hydrogen-bond acceptors (Lipinski definition) is 5. The van der Waals surface area contributed by atoms with Gasteiger partial charge in [-0.15, -0.1) is 0 Å². The average Bonchev–Trinajstić information content (AvgIpc) is 3.43. The Morgan fingerprint density at radius 2 is 1.58 bits per heavy atom. The minimum atomic E-state index is -3.73. The highest BCUT2D eigenvalue weighted by Gasteiger charge is 2.35. The highest BCUT2D eigenvalue weighted by molar-refractivity contribution is 7.89. The molecule has 1 aromatic carbocycles. The van der Waals surface area contributed by atoms with Gasteiger partial charge in [-0.3, -0.25) is 14.4 Å². The molecule has 0 aromatic heterocycles. The van der Waals surface area contributed by atoms with Crippen LogP contribution in [0.25, 0.3) is 0 Å². The van der Waals surface area contributed by atoms with Crippen molar-refractivity contribution >= 4 is 27.7 Å². The van der Waals surface area contributed by atoms with Crippen molar-refractivity contribution in [2.75, 3.05) is 32.7 Å². The van der Waals surface area contributed by atoms with Gasteiger partial charge in [-0.1, -0.05) is 6.58 Å². The van der Waals surface area contributed by atoms with E-state index in [-0.39, 0.29) is 40.6 Å². The molecule has 3 heterocycles. The Morgan fingerprint density at radius 1 is 0.944 bits per heavy atom. The fourth-order valence-electron chi connectivity index (χ4n) is 5.51. The van der Waals surface area contributed by atoms with E-state index < -0.39 is 10.0 Å². The summed E-state index contributed by atoms with van der Waals surface area (Å²) in [4.78, 5) is 41.1. The molecule has 3 fully saturated rings. The minimum Gasteiger partial charge on any atom is -0.350 e. The molecule has 36 heavy (non-hydrogen) atoms. The van der Waals surface area contributed by atoms with Crippen LogP contribution in [0, 0.1) is 5.92 Å². The van der Waals surface area contributed by atoms with Crippen LogP contribution in [0.15, 0.2) is 41.8 Å². The third kappa shape index (κ3) is 5.64. The van der Waals surface area contributed by atoms with Gasteiger partial charge in [0.1, 0.15) is 0 Å². The van der Waals surface area contributed by atoms with Gasteiger partial charge in [0.25, 0.3) is 5.91 Å². The summed E-state index contributed by atoms with van der Waals surface area (Å²) in [6.07, 6.45) is 5.72. The first-order chi connectivity index (χ1) is 17.2. The van der Waals surface area contributed by atoms with E-state index in [1.54, 1.807) is 17.0 Å². The Bertz CT molecular complexity index is 1090. The Balaban J connectivity index is 1.34. The molecule has 2 unspecified atom stereocenters. The first-order valence-corrected chi connectivity index (χ1v) is 14.3. The highest BCUT2D eigenvalue weighted by atomic mass is 32.2. The predicted molar refractivity (Wildman–Crippen MR) is 136 cm³/mol. The molecule has 3 saturated heterocycles. The monoisotopic (exact) mass is 516 g/mol. The van der Waals surface area contributed by atoms with Gasteiger partial charge in [-0.25, -0.2) is 8.42 Å². The van der Waals surface area contributed by atoms with Crippen LogP contribution in [0.5, 0.6) is 0 Å². The van der Waals surface area contributed by atoms with Crippen LogP contribution in [-0.2, 0) is 19.6 Å². The summed E-state index contributed by atoms with van der Waals surface area (Å²) in [5, 5.41) is 2.84. The van der Waals surface area contributed by atoms with Crippen molar-refractivity contribution < 1.29 is 22.8 Å². The van der Waals surface area contributed by atoms with E-state index in [4.69, 9.17) is 0 Å². The number of carbonyl (C=O) groups excluding carboxylic acids is 3. The van der Waals surface area contributed by atoms with Gasteiger partial charge in [0.2, 0.25) is 21.8 Å². The van der Waals surface area contributed by atoms with Crippen molar-refractivity contribution in [3.63, 3.8) is 0 Å². The van der Waals surface area contributed by atoms with Crippen LogP contribution in [0.3, 0.4) is 0 Å². The van der Waals surface area contributed by atoms with E-state index in [1.807, 2.05) is 11.8 Å². The summed E-state index contributed by atoms with van der Waals surface area (Å²) in [5.74, 6) is -0.198. The zero-order chi connectivity index (χ0) is 25.9. The van der Waals surface area contributed by atoms with Crippen LogP contribution >= 0.6 is 0 Å². The molecule has 0 radical (unpaired) electrons. The lowest BCUT2D eigenvalue weighted by atomic mass is 9.95. The van der Waals surface area contributed by atoms with Crippen molar-refractivity contribution in [1.82, 2.24) is 19.4 Å². The normalized spacial score (nSPS) is 23.9. The number of hydrogen-bond donors (Lipinski definition) is 1. The molecule has 3 amide bonds. The molecular formula is C26H36N4O5S. The lowest BCUT2D eigenvalue weighted by molar-refractivity contribution is -0.135. The number of nitrogens with zero attached hydrogens (tertiary/aromatic N) is 3. The van der Waals surface area contributed by atoms with Crippen molar-refractivity contribution in [2.45, 2.75) is 62.4 Å². The van der Waals surface area contributed by atoms with Crippen molar-refractivity contribution in [2.24, 2.45) is 5.92 Å². The van der Waals surface area contributed by atoms with Gasteiger partial charge in [0.15, 0.2) is 0 Å². The Kier molecular flexibility index (Phi) is 8.14. The van der Waals surface area contributed by atoms with E-state index >= 15 is 0 Å². The second kappa shape index (κ2) is 11.1. The average molecular weight is 517 g/mol. The standard InChI is InChI=1S/C26H36N4O5S/c1-3-24(31)27-22-12-17-30(19(2)18-22)36(34,35)23-8-6-20(7-9-23)25(32)29-15-10-21(11-16-29)26(33)28-13-4-5-14-28/h3,6-9,19,21-22H,1,4-5,10-18H2,2H3,(H,27,31). The molecule has 3 aliphatic rings. The van der Waals surface area contributed by atoms with Crippen LogP contribution in [0.1, 0.15) is 55.8 Å². The molecule has 0 spiro atoms. The lowest BCUT2D eigenvalue weighted by Gasteiger charge is -2.36. The number of likely N-dealkylation sites (tertiary alicyclic amines) is 2. The van der Waals surface area contributed by atoms with E-state index in [0.29, 0.717) is 50.9 Å². The van der Waals surface area contributed by atoms with Gasteiger partial charge in [0.05, 0.1) is 4.90 Å². The molecule has 196 valence electrons. The fourth-order valence-corrected chi connectivity index (χ4v) is 7.17. The number of rotatable bonds is 6. The Hall–Kier alpha value is -2.72. The molecule has 10 heteroatoms. The van der Waals surface area contributed by atoms with Crippen LogP contribution in [-0.4, -0.2) is 85.1 Å². The number of carbonyl (C=O) groups is 3. The van der Waals surface area contributed by atoms with E-state index in [0.717, 1.165) is 25.9 Å². The van der Waals surface area contributed by atoms with Gasteiger partial charge < -0.3 is 15.1 Å². The zero-order valence-corrected chi connectivity index (χ0v) is 21.7. The quantitative estimate of drug-likeness (QED) is 0.582. The number of sulfonamides is 1. The maximum absolute atomic E-state index is 13.3. The number of amides is 3. The minimum absolute atomic E-state index is 0.0177. The molecule has 0 aliphatic carbocycles. The van der Waals surface area contributed by atoms with Crippen molar-refractivity contribution in [3.05, 3.63) is 42.5 Å². The van der Waals surface area contributed by atoms with Gasteiger partial charge in [0, 0.05) is 56.3 Å². The molecule has 4 rings (SSSR count). The van der Waals surface area contributed by atoms with E-state index in [1.165, 1.54) is 22.5 Å². The molecule has 1 aromatic rings. The van der Waals surface area contributed by atoms with Gasteiger partial charge >= 0.3 is 0 Å². The lowest BCUT2D eigenvalue weighted by Crippen LogP contribution is -2.50. The predicted octanol–water partition coefficient (Wildman–Crippen LogP) is 2.00. The first-order valence-electron chi connectivity index (χ1n) is 12.8. The van der Waals surface area contributed by atoms with E-state index in [9.17, 15) is 22.8 Å². The number of benzene rings is 1. The van der Waals surface area contributed by atoms with Crippen LogP contribution < -0.4 is 5.32 Å². The second-order valence-corrected chi connectivity index (χ2v) is 11.9. The largest absolute Gasteiger partial charge is 0.350 e. The molecular weight excluding hydrogens is 480 g/mol. The molecule has 3 aliphatic heterocycles. The summed E-state index contributed by atoms with van der Waals surface area (Å²) >= 11 is 0. The summed E-state index contributed by atoms with van der Waals surface area (Å²) in [6, 6.07) is 5.75. The number of piperidine rings is 2. The SMILES string of the molecule is C=CC(=O)NC1CCN(S(=O)(=O)c2ccc(C(=O)N3CCC(C(=O)N4CCCC4)CC3)cc2)C(C)C1. The second-order valence-electron chi connectivity index (χ2n) is 10.0. The Labute approximate surface area is 213 Å². The topological polar surface area (TPSA) is 107 Å².